The molecule has 1 aromatic carbocycles. The number of aromatic nitrogens is 3. The second kappa shape index (κ2) is 7.36. The normalized spacial score (nSPS) is 10.4. The maximum absolute atomic E-state index is 12.9. The van der Waals surface area contributed by atoms with E-state index >= 15 is 0 Å². The molecule has 3 rings (SSSR count). The number of pyridine rings is 1. The van der Waals surface area contributed by atoms with Crippen LogP contribution in [0.15, 0.2) is 60.9 Å². The van der Waals surface area contributed by atoms with Gasteiger partial charge in [-0.2, -0.15) is 5.10 Å². The molecular formula is C17H16FN5O. The van der Waals surface area contributed by atoms with Crippen molar-refractivity contribution in [2.75, 3.05) is 5.32 Å². The van der Waals surface area contributed by atoms with Gasteiger partial charge in [0.25, 0.3) is 0 Å². The average molecular weight is 325 g/mol. The van der Waals surface area contributed by atoms with Gasteiger partial charge >= 0.3 is 6.03 Å². The minimum atomic E-state index is -0.346. The lowest BCUT2D eigenvalue weighted by Crippen LogP contribution is -2.29. The van der Waals surface area contributed by atoms with E-state index in [2.05, 4.69) is 20.7 Å². The third kappa shape index (κ3) is 4.16. The van der Waals surface area contributed by atoms with Crippen molar-refractivity contribution in [1.29, 1.82) is 0 Å². The number of nitrogens with zero attached hydrogens (tertiary/aromatic N) is 3. The first-order valence-corrected chi connectivity index (χ1v) is 7.42. The fraction of sp³-hybridized carbons (Fsp3) is 0.118. The fourth-order valence-electron chi connectivity index (χ4n) is 2.16. The zero-order valence-electron chi connectivity index (χ0n) is 12.8. The first-order valence-electron chi connectivity index (χ1n) is 7.42. The van der Waals surface area contributed by atoms with E-state index in [1.807, 2.05) is 18.2 Å². The number of benzene rings is 1. The molecule has 0 unspecified atom stereocenters. The summed E-state index contributed by atoms with van der Waals surface area (Å²) >= 11 is 0. The van der Waals surface area contributed by atoms with Gasteiger partial charge in [-0.05, 0) is 29.8 Å². The average Bonchev–Trinajstić information content (AvgIpc) is 3.03. The summed E-state index contributed by atoms with van der Waals surface area (Å²) < 4.78 is 14.6. The number of urea groups is 1. The van der Waals surface area contributed by atoms with Crippen molar-refractivity contribution in [3.8, 4) is 0 Å². The standard InChI is InChI=1S/C17H16FN5O/c18-14-6-4-13(5-7-14)12-23-16(8-10-21-23)22-17(24)20-11-15-3-1-2-9-19-15/h1-10H,11-12H2,(H2,20,22,24). The number of nitrogens with one attached hydrogen (secondary N) is 2. The lowest BCUT2D eigenvalue weighted by Gasteiger charge is -2.10. The number of carbonyl (C=O) groups excluding carboxylic acids is 1. The fourth-order valence-corrected chi connectivity index (χ4v) is 2.16. The first-order chi connectivity index (χ1) is 11.7. The molecule has 2 aromatic heterocycles. The van der Waals surface area contributed by atoms with Crippen LogP contribution in [-0.2, 0) is 13.1 Å². The van der Waals surface area contributed by atoms with Crippen LogP contribution in [0.5, 0.6) is 0 Å². The summed E-state index contributed by atoms with van der Waals surface area (Å²) in [6.07, 6.45) is 3.27. The summed E-state index contributed by atoms with van der Waals surface area (Å²) in [4.78, 5) is 16.1. The molecule has 0 saturated carbocycles. The predicted octanol–water partition coefficient (Wildman–Crippen LogP) is 2.79. The van der Waals surface area contributed by atoms with E-state index in [1.165, 1.54) is 12.1 Å². The number of amides is 2. The molecule has 0 aliphatic heterocycles. The molecule has 0 bridgehead atoms. The van der Waals surface area contributed by atoms with Crippen LogP contribution >= 0.6 is 0 Å². The Hall–Kier alpha value is -3.22. The quantitative estimate of drug-likeness (QED) is 0.758. The molecule has 6 nitrogen and oxygen atoms in total. The largest absolute Gasteiger partial charge is 0.332 e. The molecule has 2 heterocycles. The van der Waals surface area contributed by atoms with Gasteiger partial charge in [-0.25, -0.2) is 13.9 Å². The van der Waals surface area contributed by atoms with Gasteiger partial charge in [-0.15, -0.1) is 0 Å². The molecule has 7 heteroatoms. The Morgan fingerprint density at radius 3 is 2.67 bits per heavy atom. The Bertz CT molecular complexity index is 801. The first kappa shape index (κ1) is 15.7. The van der Waals surface area contributed by atoms with Crippen molar-refractivity contribution in [3.63, 3.8) is 0 Å². The molecule has 0 aliphatic carbocycles. The zero-order valence-corrected chi connectivity index (χ0v) is 12.8. The summed E-state index contributed by atoms with van der Waals surface area (Å²) in [6, 6.07) is 13.0. The molecule has 3 aromatic rings. The molecule has 2 amide bonds. The minimum absolute atomic E-state index is 0.286. The maximum atomic E-state index is 12.9. The van der Waals surface area contributed by atoms with Gasteiger partial charge in [0, 0.05) is 12.3 Å². The highest BCUT2D eigenvalue weighted by Gasteiger charge is 2.08. The lowest BCUT2D eigenvalue weighted by molar-refractivity contribution is 0.251. The Labute approximate surface area is 138 Å². The number of hydrogen-bond donors (Lipinski definition) is 2. The van der Waals surface area contributed by atoms with Crippen LogP contribution in [0.3, 0.4) is 0 Å². The number of carbonyl (C=O) groups is 1. The van der Waals surface area contributed by atoms with Crippen LogP contribution in [0.1, 0.15) is 11.3 Å². The summed E-state index contributed by atoms with van der Waals surface area (Å²) in [7, 11) is 0. The van der Waals surface area contributed by atoms with Gasteiger partial charge in [0.15, 0.2) is 0 Å². The summed E-state index contributed by atoms with van der Waals surface area (Å²) in [5.41, 5.74) is 1.66. The third-order valence-electron chi connectivity index (χ3n) is 3.36. The SMILES string of the molecule is O=C(NCc1ccccn1)Nc1ccnn1Cc1ccc(F)cc1. The smallest absolute Gasteiger partial charge is 0.320 e. The van der Waals surface area contributed by atoms with Crippen molar-refractivity contribution in [3.05, 3.63) is 78.0 Å². The number of anilines is 1. The summed E-state index contributed by atoms with van der Waals surface area (Å²) in [5.74, 6) is 0.268. The lowest BCUT2D eigenvalue weighted by atomic mass is 10.2. The highest BCUT2D eigenvalue weighted by molar-refractivity contribution is 5.88. The Balaban J connectivity index is 1.58. The number of hydrogen-bond acceptors (Lipinski definition) is 3. The minimum Gasteiger partial charge on any atom is -0.332 e. The molecule has 0 fully saturated rings. The van der Waals surface area contributed by atoms with E-state index in [0.29, 0.717) is 18.9 Å². The molecule has 0 radical (unpaired) electrons. The highest BCUT2D eigenvalue weighted by atomic mass is 19.1. The second-order valence-electron chi connectivity index (χ2n) is 5.13. The maximum Gasteiger partial charge on any atom is 0.320 e. The van der Waals surface area contributed by atoms with Crippen molar-refractivity contribution < 1.29 is 9.18 Å². The summed E-state index contributed by atoms with van der Waals surface area (Å²) in [6.45, 7) is 0.766. The topological polar surface area (TPSA) is 71.8 Å². The summed E-state index contributed by atoms with van der Waals surface area (Å²) in [5, 5.41) is 9.65. The van der Waals surface area contributed by atoms with Crippen LogP contribution in [-0.4, -0.2) is 20.8 Å². The Morgan fingerprint density at radius 2 is 1.92 bits per heavy atom. The second-order valence-corrected chi connectivity index (χ2v) is 5.13. The molecule has 24 heavy (non-hydrogen) atoms. The van der Waals surface area contributed by atoms with Gasteiger partial charge in [-0.3, -0.25) is 10.3 Å². The van der Waals surface area contributed by atoms with Crippen molar-refractivity contribution in [1.82, 2.24) is 20.1 Å². The van der Waals surface area contributed by atoms with Crippen LogP contribution in [0.25, 0.3) is 0 Å². The predicted molar refractivity (Wildman–Crippen MR) is 87.8 cm³/mol. The Morgan fingerprint density at radius 1 is 1.08 bits per heavy atom. The third-order valence-corrected chi connectivity index (χ3v) is 3.36. The van der Waals surface area contributed by atoms with Gasteiger partial charge in [0.05, 0.1) is 25.0 Å². The van der Waals surface area contributed by atoms with Crippen LogP contribution in [0.4, 0.5) is 15.0 Å². The van der Waals surface area contributed by atoms with Gasteiger partial charge in [-0.1, -0.05) is 18.2 Å². The molecule has 0 spiro atoms. The zero-order chi connectivity index (χ0) is 16.8. The van der Waals surface area contributed by atoms with E-state index in [9.17, 15) is 9.18 Å². The van der Waals surface area contributed by atoms with E-state index < -0.39 is 0 Å². The van der Waals surface area contributed by atoms with Crippen molar-refractivity contribution in [2.24, 2.45) is 0 Å². The van der Waals surface area contributed by atoms with Crippen LogP contribution in [0, 0.1) is 5.82 Å². The molecule has 0 saturated heterocycles. The highest BCUT2D eigenvalue weighted by Crippen LogP contribution is 2.11. The molecule has 2 N–H and O–H groups in total. The molecular weight excluding hydrogens is 309 g/mol. The Kier molecular flexibility index (Phi) is 4.81. The van der Waals surface area contributed by atoms with E-state index in [4.69, 9.17) is 0 Å². The van der Waals surface area contributed by atoms with E-state index in [1.54, 1.807) is 35.3 Å². The van der Waals surface area contributed by atoms with Crippen molar-refractivity contribution >= 4 is 11.8 Å². The number of rotatable bonds is 5. The molecule has 0 atom stereocenters. The van der Waals surface area contributed by atoms with Gasteiger partial charge in [0.2, 0.25) is 0 Å². The van der Waals surface area contributed by atoms with Crippen LogP contribution < -0.4 is 10.6 Å². The van der Waals surface area contributed by atoms with E-state index in [-0.39, 0.29) is 11.8 Å². The monoisotopic (exact) mass is 325 g/mol. The number of halogens is 1. The van der Waals surface area contributed by atoms with Gasteiger partial charge < -0.3 is 5.32 Å². The molecule has 0 aliphatic rings. The van der Waals surface area contributed by atoms with Gasteiger partial charge in [0.1, 0.15) is 11.6 Å². The molecule has 122 valence electrons. The van der Waals surface area contributed by atoms with Crippen LogP contribution in [0.2, 0.25) is 0 Å². The van der Waals surface area contributed by atoms with E-state index in [0.717, 1.165) is 11.3 Å². The van der Waals surface area contributed by atoms with Crippen molar-refractivity contribution in [2.45, 2.75) is 13.1 Å².